The second kappa shape index (κ2) is 5.89. The number of thiol groups is 1. The normalized spacial score (nSPS) is 13.8. The van der Waals surface area contributed by atoms with Gasteiger partial charge < -0.3 is 5.11 Å². The molecule has 2 unspecified atom stereocenters. The van der Waals surface area contributed by atoms with E-state index >= 15 is 0 Å². The number of hydrogen-bond acceptors (Lipinski definition) is 2. The molecule has 1 N–H and O–H groups in total. The van der Waals surface area contributed by atoms with Gasteiger partial charge >= 0.3 is 5.97 Å². The number of carboxylic acid groups (broad SMARTS) is 1. The second-order valence-electron chi connectivity index (χ2n) is 4.22. The van der Waals surface area contributed by atoms with Crippen LogP contribution in [-0.2, 0) is 4.79 Å². The maximum Gasteiger partial charge on any atom is 0.317 e. The van der Waals surface area contributed by atoms with E-state index in [1.807, 2.05) is 30.3 Å². The Morgan fingerprint density at radius 2 is 1.53 bits per heavy atom. The summed E-state index contributed by atoms with van der Waals surface area (Å²) < 4.78 is 13.0. The van der Waals surface area contributed by atoms with Gasteiger partial charge in [-0.1, -0.05) is 42.5 Å². The zero-order valence-electron chi connectivity index (χ0n) is 10.0. The van der Waals surface area contributed by atoms with Crippen LogP contribution >= 0.6 is 12.6 Å². The van der Waals surface area contributed by atoms with Crippen molar-refractivity contribution < 1.29 is 14.3 Å². The molecule has 2 atom stereocenters. The topological polar surface area (TPSA) is 37.3 Å². The highest BCUT2D eigenvalue weighted by atomic mass is 32.1. The zero-order chi connectivity index (χ0) is 13.8. The number of hydrogen-bond donors (Lipinski definition) is 2. The van der Waals surface area contributed by atoms with Gasteiger partial charge in [-0.15, -0.1) is 0 Å². The molecule has 4 heteroatoms. The molecular weight excluding hydrogens is 263 g/mol. The molecule has 0 aromatic heterocycles. The van der Waals surface area contributed by atoms with Crippen molar-refractivity contribution in [3.63, 3.8) is 0 Å². The number of benzene rings is 2. The van der Waals surface area contributed by atoms with E-state index in [0.29, 0.717) is 0 Å². The third kappa shape index (κ3) is 3.15. The van der Waals surface area contributed by atoms with Crippen LogP contribution in [0.5, 0.6) is 0 Å². The Labute approximate surface area is 116 Å². The highest BCUT2D eigenvalue weighted by molar-refractivity contribution is 7.81. The van der Waals surface area contributed by atoms with Crippen molar-refractivity contribution in [3.05, 3.63) is 71.5 Å². The summed E-state index contributed by atoms with van der Waals surface area (Å²) in [7, 11) is 0. The lowest BCUT2D eigenvalue weighted by molar-refractivity contribution is -0.136. The summed E-state index contributed by atoms with van der Waals surface area (Å²) in [4.78, 5) is 11.2. The Hall–Kier alpha value is -1.81. The first-order valence-electron chi connectivity index (χ1n) is 5.81. The molecule has 0 radical (unpaired) electrons. The Morgan fingerprint density at radius 1 is 1.00 bits per heavy atom. The summed E-state index contributed by atoms with van der Waals surface area (Å²) in [5, 5.41) is 8.30. The Morgan fingerprint density at radius 3 is 2.05 bits per heavy atom. The van der Waals surface area contributed by atoms with E-state index in [0.717, 1.165) is 11.1 Å². The predicted molar refractivity (Wildman–Crippen MR) is 75.1 cm³/mol. The number of carbonyl (C=O) groups is 1. The third-order valence-electron chi connectivity index (χ3n) is 2.96. The quantitative estimate of drug-likeness (QED) is 0.840. The van der Waals surface area contributed by atoms with Crippen LogP contribution in [-0.4, -0.2) is 16.3 Å². The summed E-state index contributed by atoms with van der Waals surface area (Å²) in [6, 6.07) is 15.1. The fourth-order valence-corrected chi connectivity index (χ4v) is 2.37. The largest absolute Gasteiger partial charge is 0.480 e. The van der Waals surface area contributed by atoms with Crippen molar-refractivity contribution in [2.45, 2.75) is 11.2 Å². The summed E-state index contributed by atoms with van der Waals surface area (Å²) >= 11 is 4.18. The first kappa shape index (κ1) is 13.6. The molecule has 0 amide bonds. The van der Waals surface area contributed by atoms with Crippen molar-refractivity contribution in [1.82, 2.24) is 0 Å². The fourth-order valence-electron chi connectivity index (χ4n) is 2.03. The minimum absolute atomic E-state index is 0.346. The van der Waals surface area contributed by atoms with Crippen molar-refractivity contribution in [2.75, 3.05) is 0 Å². The molecule has 0 heterocycles. The molecule has 19 heavy (non-hydrogen) atoms. The molecule has 0 aliphatic carbocycles. The van der Waals surface area contributed by atoms with Gasteiger partial charge in [-0.05, 0) is 23.3 Å². The molecule has 0 fully saturated rings. The van der Waals surface area contributed by atoms with Crippen LogP contribution in [0.15, 0.2) is 54.6 Å². The maximum atomic E-state index is 13.0. The molecule has 2 nitrogen and oxygen atoms in total. The van der Waals surface area contributed by atoms with Crippen LogP contribution in [0, 0.1) is 5.82 Å². The highest BCUT2D eigenvalue weighted by Gasteiger charge is 2.27. The van der Waals surface area contributed by atoms with E-state index in [1.165, 1.54) is 12.1 Å². The Balaban J connectivity index is 2.45. The smallest absolute Gasteiger partial charge is 0.317 e. The lowest BCUT2D eigenvalue weighted by Gasteiger charge is -2.21. The van der Waals surface area contributed by atoms with Gasteiger partial charge in [0.2, 0.25) is 0 Å². The molecule has 98 valence electrons. The first-order chi connectivity index (χ1) is 9.09. The molecule has 0 aliphatic heterocycles. The molecule has 0 bridgehead atoms. The van der Waals surface area contributed by atoms with Crippen molar-refractivity contribution >= 4 is 18.6 Å². The van der Waals surface area contributed by atoms with Gasteiger partial charge in [0, 0.05) is 5.92 Å². The number of rotatable bonds is 4. The van der Waals surface area contributed by atoms with Crippen molar-refractivity contribution in [3.8, 4) is 0 Å². The lowest BCUT2D eigenvalue weighted by atomic mass is 9.88. The minimum atomic E-state index is -0.999. The molecule has 2 aromatic rings. The predicted octanol–water partition coefficient (Wildman–Crippen LogP) is 3.34. The van der Waals surface area contributed by atoms with Gasteiger partial charge in [-0.2, -0.15) is 12.6 Å². The summed E-state index contributed by atoms with van der Waals surface area (Å²) in [6.07, 6.45) is 0. The van der Waals surface area contributed by atoms with E-state index < -0.39 is 17.1 Å². The van der Waals surface area contributed by atoms with Gasteiger partial charge in [-0.3, -0.25) is 4.79 Å². The number of aliphatic carboxylic acids is 1. The van der Waals surface area contributed by atoms with E-state index in [2.05, 4.69) is 12.6 Å². The summed E-state index contributed by atoms with van der Waals surface area (Å²) in [6.45, 7) is 0. The molecule has 2 aromatic carbocycles. The van der Waals surface area contributed by atoms with Gasteiger partial charge in [-0.25, -0.2) is 4.39 Å². The SMILES string of the molecule is O=C(O)C(S)C(c1ccccc1)c1ccc(F)cc1. The third-order valence-corrected chi connectivity index (χ3v) is 3.48. The van der Waals surface area contributed by atoms with E-state index in [-0.39, 0.29) is 5.82 Å². The van der Waals surface area contributed by atoms with Crippen molar-refractivity contribution in [1.29, 1.82) is 0 Å². The molecule has 0 aliphatic rings. The minimum Gasteiger partial charge on any atom is -0.480 e. The van der Waals surface area contributed by atoms with E-state index in [9.17, 15) is 14.3 Å². The number of halogens is 1. The monoisotopic (exact) mass is 276 g/mol. The molecule has 0 saturated carbocycles. The fraction of sp³-hybridized carbons (Fsp3) is 0.133. The van der Waals surface area contributed by atoms with Crippen LogP contribution < -0.4 is 0 Å². The van der Waals surface area contributed by atoms with Crippen LogP contribution in [0.3, 0.4) is 0 Å². The van der Waals surface area contributed by atoms with Crippen LogP contribution in [0.1, 0.15) is 17.0 Å². The first-order valence-corrected chi connectivity index (χ1v) is 6.32. The standard InChI is InChI=1S/C15H13FO2S/c16-12-8-6-11(7-9-12)13(14(19)15(17)18)10-4-2-1-3-5-10/h1-9,13-14,19H,(H,17,18). The molecule has 0 spiro atoms. The Bertz CT molecular complexity index is 554. The van der Waals surface area contributed by atoms with Crippen LogP contribution in [0.25, 0.3) is 0 Å². The van der Waals surface area contributed by atoms with E-state index in [4.69, 9.17) is 0 Å². The lowest BCUT2D eigenvalue weighted by Crippen LogP contribution is -2.23. The Kier molecular flexibility index (Phi) is 4.22. The van der Waals surface area contributed by atoms with Gasteiger partial charge in [0.05, 0.1) is 0 Å². The molecule has 0 saturated heterocycles. The summed E-state index contributed by atoms with van der Waals surface area (Å²) in [5.41, 5.74) is 1.58. The average Bonchev–Trinajstić information content (AvgIpc) is 2.42. The molecule has 2 rings (SSSR count). The average molecular weight is 276 g/mol. The highest BCUT2D eigenvalue weighted by Crippen LogP contribution is 2.31. The van der Waals surface area contributed by atoms with Crippen LogP contribution in [0.4, 0.5) is 4.39 Å². The number of carboxylic acids is 1. The van der Waals surface area contributed by atoms with Gasteiger partial charge in [0.15, 0.2) is 0 Å². The zero-order valence-corrected chi connectivity index (χ0v) is 10.9. The van der Waals surface area contributed by atoms with Crippen LogP contribution in [0.2, 0.25) is 0 Å². The van der Waals surface area contributed by atoms with E-state index in [1.54, 1.807) is 12.1 Å². The summed E-state index contributed by atoms with van der Waals surface area (Å²) in [5.74, 6) is -1.76. The maximum absolute atomic E-state index is 13.0. The van der Waals surface area contributed by atoms with Crippen molar-refractivity contribution in [2.24, 2.45) is 0 Å². The second-order valence-corrected chi connectivity index (χ2v) is 4.78. The van der Waals surface area contributed by atoms with Gasteiger partial charge in [0.1, 0.15) is 11.1 Å². The molecular formula is C15H13FO2S. The van der Waals surface area contributed by atoms with Gasteiger partial charge in [0.25, 0.3) is 0 Å².